The molecule has 2 aliphatic rings. The zero-order valence-corrected chi connectivity index (χ0v) is 42.0. The van der Waals surface area contributed by atoms with E-state index >= 15 is 0 Å². The van der Waals surface area contributed by atoms with Crippen LogP contribution in [0.25, 0.3) is 10.8 Å². The molecule has 24 heteroatoms. The SMILES string of the molecule is CC(=O)[C@H](CCC(=O)O)NC(=O)N[C@@H](CCCCNC(=O)C(Cc1ccc2ccccc2c1)NC(=O)C1CCC(CNC(=O)CN2CCN(CC(=O)O)CCN(CC(=O)O)CCN(CC(=O)O)CC2)CC1)C(=O)O. The van der Waals surface area contributed by atoms with Gasteiger partial charge in [-0.25, -0.2) is 9.59 Å². The van der Waals surface area contributed by atoms with E-state index in [0.29, 0.717) is 51.7 Å². The van der Waals surface area contributed by atoms with Gasteiger partial charge in [0.1, 0.15) is 12.1 Å². The maximum atomic E-state index is 13.8. The zero-order valence-electron chi connectivity index (χ0n) is 42.0. The van der Waals surface area contributed by atoms with E-state index in [1.165, 1.54) is 6.92 Å². The number of amides is 5. The summed E-state index contributed by atoms with van der Waals surface area (Å²) in [7, 11) is 0. The molecule has 0 bridgehead atoms. The van der Waals surface area contributed by atoms with E-state index in [2.05, 4.69) is 26.6 Å². The van der Waals surface area contributed by atoms with Gasteiger partial charge >= 0.3 is 35.9 Å². The van der Waals surface area contributed by atoms with E-state index in [0.717, 1.165) is 16.3 Å². The first kappa shape index (κ1) is 59.8. The minimum Gasteiger partial charge on any atom is -0.481 e. The maximum Gasteiger partial charge on any atom is 0.326 e. The smallest absolute Gasteiger partial charge is 0.326 e. The Labute approximate surface area is 429 Å². The van der Waals surface area contributed by atoms with Crippen LogP contribution in [0.3, 0.4) is 0 Å². The molecule has 24 nitrogen and oxygen atoms in total. The first-order chi connectivity index (χ1) is 35.2. The fourth-order valence-corrected chi connectivity index (χ4v) is 9.10. The Hall–Kier alpha value is -6.76. The number of carboxylic acid groups (broad SMARTS) is 5. The lowest BCUT2D eigenvalue weighted by atomic mass is 9.81. The third-order valence-corrected chi connectivity index (χ3v) is 13.3. The molecule has 3 atom stereocenters. The van der Waals surface area contributed by atoms with E-state index in [9.17, 15) is 68.4 Å². The van der Waals surface area contributed by atoms with Gasteiger partial charge in [-0.15, -0.1) is 0 Å². The molecule has 1 saturated heterocycles. The number of urea groups is 1. The molecule has 10 N–H and O–H groups in total. The highest BCUT2D eigenvalue weighted by Gasteiger charge is 2.31. The average molecular weight is 1040 g/mol. The molecule has 1 saturated carbocycles. The largest absolute Gasteiger partial charge is 0.481 e. The molecule has 0 radical (unpaired) electrons. The van der Waals surface area contributed by atoms with Crippen molar-refractivity contribution < 1.29 is 73.5 Å². The number of carbonyl (C=O) groups excluding carboxylic acids is 5. The van der Waals surface area contributed by atoms with Crippen molar-refractivity contribution in [3.05, 3.63) is 48.0 Å². The van der Waals surface area contributed by atoms with E-state index < -0.39 is 71.6 Å². The van der Waals surface area contributed by atoms with Crippen LogP contribution in [0.1, 0.15) is 70.3 Å². The van der Waals surface area contributed by atoms with Gasteiger partial charge in [0.15, 0.2) is 5.78 Å². The van der Waals surface area contributed by atoms with Crippen LogP contribution in [0.15, 0.2) is 42.5 Å². The van der Waals surface area contributed by atoms with Crippen LogP contribution in [0.4, 0.5) is 4.79 Å². The van der Waals surface area contributed by atoms with Crippen LogP contribution in [0, 0.1) is 11.8 Å². The van der Waals surface area contributed by atoms with Gasteiger partial charge in [0.2, 0.25) is 17.7 Å². The Morgan fingerprint density at radius 3 is 1.61 bits per heavy atom. The molecule has 2 aromatic carbocycles. The van der Waals surface area contributed by atoms with Crippen LogP contribution in [0.5, 0.6) is 0 Å². The Bertz CT molecular complexity index is 2230. The number of nitrogens with zero attached hydrogens (tertiary/aromatic N) is 4. The van der Waals surface area contributed by atoms with Gasteiger partial charge in [-0.1, -0.05) is 42.5 Å². The summed E-state index contributed by atoms with van der Waals surface area (Å²) in [6.07, 6.45) is 2.54. The lowest BCUT2D eigenvalue weighted by molar-refractivity contribution is -0.140. The van der Waals surface area contributed by atoms with Crippen molar-refractivity contribution in [3.8, 4) is 0 Å². The molecule has 5 amide bonds. The van der Waals surface area contributed by atoms with Gasteiger partial charge in [0.25, 0.3) is 0 Å². The van der Waals surface area contributed by atoms with Crippen molar-refractivity contribution in [3.63, 3.8) is 0 Å². The van der Waals surface area contributed by atoms with Crippen LogP contribution in [-0.4, -0.2) is 214 Å². The minimum absolute atomic E-state index is 0.0102. The van der Waals surface area contributed by atoms with Crippen molar-refractivity contribution >= 4 is 70.2 Å². The topological polar surface area (TPSA) is 345 Å². The molecule has 0 aromatic heterocycles. The van der Waals surface area contributed by atoms with Gasteiger partial charge in [0, 0.05) is 84.2 Å². The molecule has 1 unspecified atom stereocenters. The van der Waals surface area contributed by atoms with Crippen LogP contribution in [0.2, 0.25) is 0 Å². The molecule has 1 aliphatic heterocycles. The number of rotatable bonds is 27. The fraction of sp³-hybridized carbons (Fsp3) is 0.600. The number of ketones is 1. The molecule has 4 rings (SSSR count). The lowest BCUT2D eigenvalue weighted by Gasteiger charge is -2.33. The molecule has 2 aromatic rings. The normalized spacial score (nSPS) is 18.8. The van der Waals surface area contributed by atoms with Crippen molar-refractivity contribution in [2.75, 3.05) is 91.6 Å². The lowest BCUT2D eigenvalue weighted by Crippen LogP contribution is -2.51. The third kappa shape index (κ3) is 22.6. The summed E-state index contributed by atoms with van der Waals surface area (Å²) in [6.45, 7) is 3.02. The Morgan fingerprint density at radius 1 is 0.568 bits per heavy atom. The first-order valence-corrected chi connectivity index (χ1v) is 25.1. The highest BCUT2D eigenvalue weighted by Crippen LogP contribution is 2.29. The van der Waals surface area contributed by atoms with E-state index in [-0.39, 0.29) is 122 Å². The molecule has 74 heavy (non-hydrogen) atoms. The van der Waals surface area contributed by atoms with Crippen molar-refractivity contribution in [2.45, 2.75) is 89.3 Å². The minimum atomic E-state index is -1.33. The monoisotopic (exact) mass is 1040 g/mol. The number of carbonyl (C=O) groups is 10. The molecule has 0 spiro atoms. The number of fused-ring (bicyclic) bond motifs is 1. The zero-order chi connectivity index (χ0) is 54.2. The number of aliphatic carboxylic acids is 5. The quantitative estimate of drug-likeness (QED) is 0.0532. The second kappa shape index (κ2) is 31.1. The fourth-order valence-electron chi connectivity index (χ4n) is 9.10. The molecule has 2 fully saturated rings. The highest BCUT2D eigenvalue weighted by atomic mass is 16.4. The van der Waals surface area contributed by atoms with E-state index in [1.807, 2.05) is 47.4 Å². The number of hydrogen-bond donors (Lipinski definition) is 10. The van der Waals surface area contributed by atoms with Crippen molar-refractivity contribution in [1.29, 1.82) is 0 Å². The molecule has 408 valence electrons. The van der Waals surface area contributed by atoms with Gasteiger partial charge < -0.3 is 52.1 Å². The first-order valence-electron chi connectivity index (χ1n) is 25.1. The van der Waals surface area contributed by atoms with Gasteiger partial charge in [0.05, 0.1) is 32.2 Å². The Morgan fingerprint density at radius 2 is 1.09 bits per heavy atom. The summed E-state index contributed by atoms with van der Waals surface area (Å²) in [5.74, 6) is -7.40. The van der Waals surface area contributed by atoms with Crippen LogP contribution in [-0.2, 0) is 49.6 Å². The van der Waals surface area contributed by atoms with Crippen LogP contribution < -0.4 is 26.6 Å². The molecular weight excluding hydrogens is 967 g/mol. The van der Waals surface area contributed by atoms with Crippen LogP contribution >= 0.6 is 0 Å². The number of nitrogens with one attached hydrogen (secondary N) is 5. The number of hydrogen-bond acceptors (Lipinski definition) is 14. The van der Waals surface area contributed by atoms with Crippen molar-refractivity contribution in [2.24, 2.45) is 11.8 Å². The summed E-state index contributed by atoms with van der Waals surface area (Å²) in [5.41, 5.74) is 0.819. The number of unbranched alkanes of at least 4 members (excludes halogenated alkanes) is 1. The summed E-state index contributed by atoms with van der Waals surface area (Å²) in [5, 5.41) is 62.6. The maximum absolute atomic E-state index is 13.8. The second-order valence-electron chi connectivity index (χ2n) is 19.1. The van der Waals surface area contributed by atoms with Gasteiger partial charge in [-0.3, -0.25) is 58.0 Å². The Kier molecular flexibility index (Phi) is 25.1. The van der Waals surface area contributed by atoms with Gasteiger partial charge in [-0.2, -0.15) is 0 Å². The average Bonchev–Trinajstić information content (AvgIpc) is 3.34. The molecule has 1 aliphatic carbocycles. The van der Waals surface area contributed by atoms with Gasteiger partial charge in [-0.05, 0) is 80.5 Å². The summed E-state index contributed by atoms with van der Waals surface area (Å²) >= 11 is 0. The predicted molar refractivity (Wildman–Crippen MR) is 268 cm³/mol. The van der Waals surface area contributed by atoms with Crippen molar-refractivity contribution in [1.82, 2.24) is 46.2 Å². The molecular formula is C50H73N9O15. The molecule has 1 heterocycles. The van der Waals surface area contributed by atoms with E-state index in [1.54, 1.807) is 14.7 Å². The van der Waals surface area contributed by atoms with E-state index in [4.69, 9.17) is 5.11 Å². The Balaban J connectivity index is 1.30. The summed E-state index contributed by atoms with van der Waals surface area (Å²) < 4.78 is 0. The summed E-state index contributed by atoms with van der Waals surface area (Å²) in [6, 6.07) is 9.23. The predicted octanol–water partition coefficient (Wildman–Crippen LogP) is 0.126. The highest BCUT2D eigenvalue weighted by molar-refractivity contribution is 5.90. The summed E-state index contributed by atoms with van der Waals surface area (Å²) in [4.78, 5) is 130. The number of Topliss-reactive ketones (excluding diaryl/α,β-unsaturated/α-hetero) is 1. The third-order valence-electron chi connectivity index (χ3n) is 13.3. The standard InChI is InChI=1S/C50H73N9O15/c1-33(60)39(15-16-43(62)63)54-50(74)55-40(49(72)73)8-4-5-17-51-48(71)41(27-35-11-12-36-6-2-3-7-38(36)26-35)53-47(70)37-13-9-34(10-14-37)28-52-42(61)29-56-18-20-57(30-44(64)65)22-24-59(32-46(68)69)25-23-58(21-19-56)31-45(66)67/h2-3,6-7,11-12,26,34,37,39-41H,4-5,8-10,13-25,27-32H2,1H3,(H,51,71)(H,52,61)(H,53,70)(H,62,63)(H,64,65)(H,66,67)(H,68,69)(H,72,73)(H2,54,55,74)/t34?,37?,39-,40-,41?/m0/s1. The number of benzene rings is 2. The second-order valence-corrected chi connectivity index (χ2v) is 19.1. The number of carboxylic acids is 5.